The number of carbonyl (C=O) groups is 2. The maximum absolute atomic E-state index is 12.3. The lowest BCUT2D eigenvalue weighted by atomic mass is 10.1. The van der Waals surface area contributed by atoms with Crippen molar-refractivity contribution >= 4 is 34.6 Å². The number of nitrogens with zero attached hydrogens (tertiary/aromatic N) is 1. The second kappa shape index (κ2) is 7.74. The van der Waals surface area contributed by atoms with E-state index in [4.69, 9.17) is 4.74 Å². The Labute approximate surface area is 166 Å². The number of hydrogen-bond donors (Lipinski definition) is 2. The largest absolute Gasteiger partial charge is 0.491 e. The normalized spacial score (nSPS) is 13.2. The Morgan fingerprint density at radius 3 is 2.75 bits per heavy atom. The van der Waals surface area contributed by atoms with Gasteiger partial charge in [0.1, 0.15) is 12.4 Å². The molecule has 1 aromatic heterocycles. The molecule has 1 aliphatic heterocycles. The molecule has 0 atom stereocenters. The minimum absolute atomic E-state index is 0.142. The second-order valence-electron chi connectivity index (χ2n) is 6.35. The zero-order valence-electron chi connectivity index (χ0n) is 14.9. The van der Waals surface area contributed by atoms with Gasteiger partial charge in [-0.1, -0.05) is 24.3 Å². The van der Waals surface area contributed by atoms with Crippen LogP contribution in [0.4, 0.5) is 11.4 Å². The van der Waals surface area contributed by atoms with E-state index in [9.17, 15) is 14.7 Å². The predicted octanol–water partition coefficient (Wildman–Crippen LogP) is 4.10. The molecule has 142 valence electrons. The first-order valence-corrected chi connectivity index (χ1v) is 9.67. The van der Waals surface area contributed by atoms with Crippen LogP contribution < -0.4 is 15.0 Å². The van der Waals surface area contributed by atoms with Crippen molar-refractivity contribution in [1.29, 1.82) is 0 Å². The smallest absolute Gasteiger partial charge is 0.337 e. The average Bonchev–Trinajstić information content (AvgIpc) is 3.15. The standard InChI is InChI=1S/C21H18N2O4S/c24-20(19-6-3-11-28-19)22-15-7-8-17(16(12-15)21(25)26)23-9-10-27-18-5-2-1-4-14(18)13-23/h1-8,11-12H,9-10,13H2,(H,22,24)(H,25,26). The lowest BCUT2D eigenvalue weighted by Gasteiger charge is -2.24. The summed E-state index contributed by atoms with van der Waals surface area (Å²) in [7, 11) is 0. The number of thiophene rings is 1. The molecule has 1 amide bonds. The number of anilines is 2. The van der Waals surface area contributed by atoms with E-state index in [2.05, 4.69) is 5.32 Å². The van der Waals surface area contributed by atoms with Crippen molar-refractivity contribution < 1.29 is 19.4 Å². The monoisotopic (exact) mass is 394 g/mol. The summed E-state index contributed by atoms with van der Waals surface area (Å²) in [6, 6.07) is 16.2. The molecule has 0 unspecified atom stereocenters. The maximum atomic E-state index is 12.3. The molecule has 6 nitrogen and oxygen atoms in total. The van der Waals surface area contributed by atoms with Crippen molar-refractivity contribution in [1.82, 2.24) is 0 Å². The third-order valence-corrected chi connectivity index (χ3v) is 5.39. The Kier molecular flexibility index (Phi) is 4.99. The third kappa shape index (κ3) is 3.70. The van der Waals surface area contributed by atoms with E-state index < -0.39 is 5.97 Å². The number of aromatic carboxylic acids is 1. The summed E-state index contributed by atoms with van der Waals surface area (Å²) in [5.74, 6) is -0.474. The van der Waals surface area contributed by atoms with Gasteiger partial charge in [-0.2, -0.15) is 0 Å². The average molecular weight is 394 g/mol. The van der Waals surface area contributed by atoms with Gasteiger partial charge in [-0.25, -0.2) is 4.79 Å². The van der Waals surface area contributed by atoms with E-state index in [0.29, 0.717) is 35.9 Å². The first kappa shape index (κ1) is 18.1. The zero-order chi connectivity index (χ0) is 19.5. The van der Waals surface area contributed by atoms with Gasteiger partial charge in [0.15, 0.2) is 0 Å². The molecule has 0 aliphatic carbocycles. The van der Waals surface area contributed by atoms with E-state index in [0.717, 1.165) is 11.3 Å². The highest BCUT2D eigenvalue weighted by molar-refractivity contribution is 7.12. The number of hydrogen-bond acceptors (Lipinski definition) is 5. The highest BCUT2D eigenvalue weighted by Gasteiger charge is 2.21. The highest BCUT2D eigenvalue weighted by Crippen LogP contribution is 2.30. The van der Waals surface area contributed by atoms with Crippen LogP contribution in [-0.2, 0) is 6.54 Å². The van der Waals surface area contributed by atoms with Crippen LogP contribution in [0.5, 0.6) is 5.75 Å². The van der Waals surface area contributed by atoms with Crippen molar-refractivity contribution in [2.45, 2.75) is 6.54 Å². The van der Waals surface area contributed by atoms with Gasteiger partial charge in [-0.15, -0.1) is 11.3 Å². The second-order valence-corrected chi connectivity index (χ2v) is 7.29. The molecule has 0 saturated heterocycles. The number of amides is 1. The number of para-hydroxylation sites is 1. The summed E-state index contributed by atoms with van der Waals surface area (Å²) < 4.78 is 5.77. The molecule has 0 radical (unpaired) electrons. The van der Waals surface area contributed by atoms with Crippen LogP contribution in [-0.4, -0.2) is 30.1 Å². The molecule has 0 spiro atoms. The lowest BCUT2D eigenvalue weighted by molar-refractivity contribution is 0.0697. The Hall–Kier alpha value is -3.32. The van der Waals surface area contributed by atoms with Crippen LogP contribution >= 0.6 is 11.3 Å². The molecule has 2 aromatic carbocycles. The molecule has 0 bridgehead atoms. The van der Waals surface area contributed by atoms with Gasteiger partial charge in [0, 0.05) is 17.8 Å². The van der Waals surface area contributed by atoms with Crippen molar-refractivity contribution in [2.75, 3.05) is 23.4 Å². The van der Waals surface area contributed by atoms with Crippen LogP contribution in [0.1, 0.15) is 25.6 Å². The number of ether oxygens (including phenoxy) is 1. The number of carboxylic acid groups (broad SMARTS) is 1. The third-order valence-electron chi connectivity index (χ3n) is 4.52. The Bertz CT molecular complexity index is 1020. The molecule has 7 heteroatoms. The number of benzene rings is 2. The summed E-state index contributed by atoms with van der Waals surface area (Å²) in [5.41, 5.74) is 2.20. The van der Waals surface area contributed by atoms with Crippen LogP contribution in [0.2, 0.25) is 0 Å². The molecule has 2 N–H and O–H groups in total. The van der Waals surface area contributed by atoms with E-state index in [-0.39, 0.29) is 11.5 Å². The molecule has 0 fully saturated rings. The Balaban J connectivity index is 1.62. The topological polar surface area (TPSA) is 78.9 Å². The first-order valence-electron chi connectivity index (χ1n) is 8.79. The Morgan fingerprint density at radius 2 is 1.96 bits per heavy atom. The van der Waals surface area contributed by atoms with Gasteiger partial charge < -0.3 is 20.1 Å². The summed E-state index contributed by atoms with van der Waals surface area (Å²) in [6.45, 7) is 1.58. The van der Waals surface area contributed by atoms with Gasteiger partial charge in [0.2, 0.25) is 0 Å². The maximum Gasteiger partial charge on any atom is 0.337 e. The molecule has 28 heavy (non-hydrogen) atoms. The fourth-order valence-electron chi connectivity index (χ4n) is 3.19. The number of rotatable bonds is 4. The van der Waals surface area contributed by atoms with Gasteiger partial charge >= 0.3 is 5.97 Å². The molecule has 4 rings (SSSR count). The van der Waals surface area contributed by atoms with E-state index in [1.165, 1.54) is 17.4 Å². The fraction of sp³-hybridized carbons (Fsp3) is 0.143. The van der Waals surface area contributed by atoms with Crippen LogP contribution in [0.25, 0.3) is 0 Å². The van der Waals surface area contributed by atoms with Crippen molar-refractivity contribution in [3.05, 3.63) is 76.0 Å². The number of carbonyl (C=O) groups excluding carboxylic acids is 1. The van der Waals surface area contributed by atoms with Crippen molar-refractivity contribution in [3.63, 3.8) is 0 Å². The number of carboxylic acids is 1. The summed E-state index contributed by atoms with van der Waals surface area (Å²) in [4.78, 5) is 26.7. The summed E-state index contributed by atoms with van der Waals surface area (Å²) in [6.07, 6.45) is 0. The van der Waals surface area contributed by atoms with Crippen LogP contribution in [0, 0.1) is 0 Å². The van der Waals surface area contributed by atoms with Gasteiger partial charge in [0.25, 0.3) is 5.91 Å². The van der Waals surface area contributed by atoms with Gasteiger partial charge in [0.05, 0.1) is 22.7 Å². The number of nitrogens with one attached hydrogen (secondary N) is 1. The molecule has 0 saturated carbocycles. The van der Waals surface area contributed by atoms with E-state index >= 15 is 0 Å². The highest BCUT2D eigenvalue weighted by atomic mass is 32.1. The first-order chi connectivity index (χ1) is 13.6. The molecular formula is C21H18N2O4S. The quantitative estimate of drug-likeness (QED) is 0.697. The van der Waals surface area contributed by atoms with Crippen LogP contribution in [0.3, 0.4) is 0 Å². The molecule has 2 heterocycles. The van der Waals surface area contributed by atoms with Gasteiger partial charge in [-0.05, 0) is 35.7 Å². The minimum Gasteiger partial charge on any atom is -0.491 e. The number of fused-ring (bicyclic) bond motifs is 1. The van der Waals surface area contributed by atoms with E-state index in [1.807, 2.05) is 34.5 Å². The zero-order valence-corrected chi connectivity index (χ0v) is 15.7. The SMILES string of the molecule is O=C(Nc1ccc(N2CCOc3ccccc3C2)c(C(=O)O)c1)c1cccs1. The van der Waals surface area contributed by atoms with Crippen molar-refractivity contribution in [2.24, 2.45) is 0 Å². The lowest BCUT2D eigenvalue weighted by Crippen LogP contribution is -2.27. The van der Waals surface area contributed by atoms with Crippen molar-refractivity contribution in [3.8, 4) is 5.75 Å². The molecule has 3 aromatic rings. The predicted molar refractivity (Wildman–Crippen MR) is 109 cm³/mol. The van der Waals surface area contributed by atoms with Gasteiger partial charge in [-0.3, -0.25) is 4.79 Å². The minimum atomic E-state index is -1.04. The molecule has 1 aliphatic rings. The summed E-state index contributed by atoms with van der Waals surface area (Å²) >= 11 is 1.33. The Morgan fingerprint density at radius 1 is 1.11 bits per heavy atom. The van der Waals surface area contributed by atoms with E-state index in [1.54, 1.807) is 24.3 Å². The molecular weight excluding hydrogens is 376 g/mol. The van der Waals surface area contributed by atoms with Crippen LogP contribution in [0.15, 0.2) is 60.0 Å². The fourth-order valence-corrected chi connectivity index (χ4v) is 3.81. The summed E-state index contributed by atoms with van der Waals surface area (Å²) in [5, 5.41) is 14.3.